The van der Waals surface area contributed by atoms with Crippen LogP contribution in [0.2, 0.25) is 0 Å². The molecule has 0 atom stereocenters. The van der Waals surface area contributed by atoms with Crippen molar-refractivity contribution >= 4 is 12.1 Å². The third-order valence-electron chi connectivity index (χ3n) is 0.400. The van der Waals surface area contributed by atoms with Gasteiger partial charge in [0.25, 0.3) is 0 Å². The summed E-state index contributed by atoms with van der Waals surface area (Å²) in [6, 6.07) is -0.833. The molecule has 0 radical (unpaired) electrons. The van der Waals surface area contributed by atoms with E-state index in [0.29, 0.717) is 6.54 Å². The Labute approximate surface area is 59.1 Å². The maximum Gasteiger partial charge on any atom is 0.309 e. The summed E-state index contributed by atoms with van der Waals surface area (Å²) in [6.07, 6.45) is 2.37. The Balaban J connectivity index is 0. The van der Waals surface area contributed by atoms with Crippen molar-refractivity contribution in [1.29, 1.82) is 0 Å². The number of rotatable bonds is 2. The predicted octanol–water partition coefficient (Wildman–Crippen LogP) is -0.244. The number of carbonyl (C=O) groups excluding carboxylic acids is 2. The van der Waals surface area contributed by atoms with Crippen molar-refractivity contribution in [3.05, 3.63) is 0 Å². The first kappa shape index (κ1) is 11.4. The zero-order chi connectivity index (χ0) is 8.41. The Kier molecular flexibility index (Phi) is 12.1. The summed E-state index contributed by atoms with van der Waals surface area (Å²) in [6.45, 7) is 2.57. The number of carbonyl (C=O) groups is 1. The second kappa shape index (κ2) is 10.6. The summed E-state index contributed by atoms with van der Waals surface area (Å²) < 4.78 is 0. The highest BCUT2D eigenvalue weighted by Gasteiger charge is 1.66. The zero-order valence-corrected chi connectivity index (χ0v) is 5.83. The molecule has 58 valence electrons. The van der Waals surface area contributed by atoms with Gasteiger partial charge in [-0.05, 0) is 6.42 Å². The molecule has 0 saturated heterocycles. The molecule has 10 heavy (non-hydrogen) atoms. The molecule has 2 amide bonds. The Hall–Kier alpha value is -1.35. The lowest BCUT2D eigenvalue weighted by atomic mass is 10.5. The molecule has 0 spiro atoms. The van der Waals surface area contributed by atoms with Crippen molar-refractivity contribution in [2.45, 2.75) is 13.3 Å². The highest BCUT2D eigenvalue weighted by Crippen LogP contribution is 1.70. The SMILES string of the molecule is CCCN=C=O.NC(N)=O. The van der Waals surface area contributed by atoms with E-state index in [1.54, 1.807) is 0 Å². The standard InChI is InChI=1S/C4H7NO.CH4N2O/c1-2-3-5-4-6;2-1(3)4/h2-3H2,1H3;(H4,2,3,4). The van der Waals surface area contributed by atoms with E-state index in [1.807, 2.05) is 6.92 Å². The van der Waals surface area contributed by atoms with Gasteiger partial charge in [-0.25, -0.2) is 14.6 Å². The van der Waals surface area contributed by atoms with Crippen LogP contribution in [0.15, 0.2) is 4.99 Å². The summed E-state index contributed by atoms with van der Waals surface area (Å²) in [4.78, 5) is 21.6. The van der Waals surface area contributed by atoms with Gasteiger partial charge in [0.2, 0.25) is 6.08 Å². The van der Waals surface area contributed by atoms with Gasteiger partial charge in [-0.2, -0.15) is 0 Å². The molecule has 5 nitrogen and oxygen atoms in total. The first-order chi connectivity index (χ1) is 4.65. The number of hydrogen-bond donors (Lipinski definition) is 2. The minimum absolute atomic E-state index is 0.615. The van der Waals surface area contributed by atoms with Crippen LogP contribution in [0.25, 0.3) is 0 Å². The zero-order valence-electron chi connectivity index (χ0n) is 5.83. The summed E-state index contributed by atoms with van der Waals surface area (Å²) in [7, 11) is 0. The van der Waals surface area contributed by atoms with Gasteiger partial charge < -0.3 is 11.5 Å². The van der Waals surface area contributed by atoms with Crippen molar-refractivity contribution in [3.63, 3.8) is 0 Å². The minimum Gasteiger partial charge on any atom is -0.352 e. The van der Waals surface area contributed by atoms with Crippen LogP contribution in [0, 0.1) is 0 Å². The van der Waals surface area contributed by atoms with Gasteiger partial charge in [0.15, 0.2) is 0 Å². The number of isocyanates is 1. The van der Waals surface area contributed by atoms with E-state index in [1.165, 1.54) is 6.08 Å². The molecule has 0 aliphatic heterocycles. The van der Waals surface area contributed by atoms with Crippen LogP contribution in [-0.4, -0.2) is 18.7 Å². The highest BCUT2D eigenvalue weighted by molar-refractivity contribution is 5.69. The summed E-state index contributed by atoms with van der Waals surface area (Å²) in [5.41, 5.74) is 8.50. The molecule has 0 aromatic rings. The van der Waals surface area contributed by atoms with Crippen molar-refractivity contribution in [3.8, 4) is 0 Å². The lowest BCUT2D eigenvalue weighted by molar-refractivity contribution is 0.256. The minimum atomic E-state index is -0.833. The fourth-order valence-electron chi connectivity index (χ4n) is 0.157. The molecule has 0 heterocycles. The van der Waals surface area contributed by atoms with E-state index >= 15 is 0 Å². The van der Waals surface area contributed by atoms with Crippen LogP contribution in [0.4, 0.5) is 4.79 Å². The molecular formula is C5H11N3O2. The Morgan fingerprint density at radius 1 is 1.60 bits per heavy atom. The van der Waals surface area contributed by atoms with Crippen LogP contribution in [-0.2, 0) is 4.79 Å². The third kappa shape index (κ3) is 78.0. The molecule has 0 fully saturated rings. The van der Waals surface area contributed by atoms with Crippen LogP contribution < -0.4 is 11.5 Å². The number of hydrogen-bond acceptors (Lipinski definition) is 3. The topological polar surface area (TPSA) is 98.5 Å². The fraction of sp³-hybridized carbons (Fsp3) is 0.600. The fourth-order valence-corrected chi connectivity index (χ4v) is 0.157. The van der Waals surface area contributed by atoms with Crippen LogP contribution >= 0.6 is 0 Å². The number of nitrogens with zero attached hydrogens (tertiary/aromatic N) is 1. The molecule has 0 bridgehead atoms. The van der Waals surface area contributed by atoms with E-state index in [2.05, 4.69) is 16.5 Å². The van der Waals surface area contributed by atoms with Gasteiger partial charge in [0.05, 0.1) is 6.54 Å². The first-order valence-corrected chi connectivity index (χ1v) is 2.73. The lowest BCUT2D eigenvalue weighted by Gasteiger charge is -1.71. The molecule has 0 aliphatic carbocycles. The van der Waals surface area contributed by atoms with Gasteiger partial charge in [-0.1, -0.05) is 6.92 Å². The van der Waals surface area contributed by atoms with Crippen LogP contribution in [0.1, 0.15) is 13.3 Å². The third-order valence-corrected chi connectivity index (χ3v) is 0.400. The van der Waals surface area contributed by atoms with Gasteiger partial charge in [0, 0.05) is 0 Å². The van der Waals surface area contributed by atoms with Gasteiger partial charge in [-0.3, -0.25) is 0 Å². The molecule has 0 unspecified atom stereocenters. The smallest absolute Gasteiger partial charge is 0.309 e. The number of amides is 2. The quantitative estimate of drug-likeness (QED) is 0.414. The molecular weight excluding hydrogens is 134 g/mol. The van der Waals surface area contributed by atoms with Crippen LogP contribution in [0.3, 0.4) is 0 Å². The maximum atomic E-state index is 9.27. The second-order valence-corrected chi connectivity index (χ2v) is 1.38. The average molecular weight is 145 g/mol. The van der Waals surface area contributed by atoms with Crippen molar-refractivity contribution < 1.29 is 9.59 Å². The van der Waals surface area contributed by atoms with Crippen molar-refractivity contribution in [2.24, 2.45) is 16.5 Å². The van der Waals surface area contributed by atoms with E-state index in [4.69, 9.17) is 4.79 Å². The van der Waals surface area contributed by atoms with E-state index in [0.717, 1.165) is 6.42 Å². The van der Waals surface area contributed by atoms with Gasteiger partial charge in [0.1, 0.15) is 0 Å². The predicted molar refractivity (Wildman–Crippen MR) is 37.1 cm³/mol. The first-order valence-electron chi connectivity index (χ1n) is 2.73. The second-order valence-electron chi connectivity index (χ2n) is 1.38. The molecule has 0 rings (SSSR count). The Morgan fingerprint density at radius 2 is 2.00 bits per heavy atom. The molecule has 0 saturated carbocycles. The largest absolute Gasteiger partial charge is 0.352 e. The van der Waals surface area contributed by atoms with E-state index in [9.17, 15) is 4.79 Å². The summed E-state index contributed by atoms with van der Waals surface area (Å²) >= 11 is 0. The lowest BCUT2D eigenvalue weighted by Crippen LogP contribution is -2.18. The monoisotopic (exact) mass is 145 g/mol. The molecule has 5 heteroatoms. The molecule has 0 aliphatic rings. The summed E-state index contributed by atoms with van der Waals surface area (Å²) in [5.74, 6) is 0. The maximum absolute atomic E-state index is 9.27. The van der Waals surface area contributed by atoms with Gasteiger partial charge in [-0.15, -0.1) is 0 Å². The number of aliphatic imine (C=N–C) groups is 1. The number of urea groups is 1. The molecule has 0 aromatic heterocycles. The normalized spacial score (nSPS) is 6.50. The van der Waals surface area contributed by atoms with E-state index in [-0.39, 0.29) is 0 Å². The highest BCUT2D eigenvalue weighted by atomic mass is 16.2. The van der Waals surface area contributed by atoms with E-state index < -0.39 is 6.03 Å². The van der Waals surface area contributed by atoms with Gasteiger partial charge >= 0.3 is 6.03 Å². The molecule has 4 N–H and O–H groups in total. The van der Waals surface area contributed by atoms with Crippen LogP contribution in [0.5, 0.6) is 0 Å². The Morgan fingerprint density at radius 3 is 2.10 bits per heavy atom. The average Bonchev–Trinajstić information content (AvgIpc) is 1.82. The summed E-state index contributed by atoms with van der Waals surface area (Å²) in [5, 5.41) is 0. The number of nitrogens with two attached hydrogens (primary N) is 2. The Bertz CT molecular complexity index is 125. The van der Waals surface area contributed by atoms with Crippen molar-refractivity contribution in [2.75, 3.05) is 6.54 Å². The van der Waals surface area contributed by atoms with Crippen molar-refractivity contribution in [1.82, 2.24) is 0 Å². The number of primary amides is 2. The molecule has 0 aromatic carbocycles.